The summed E-state index contributed by atoms with van der Waals surface area (Å²) in [6.45, 7) is 8.55. The molecule has 0 amide bonds. The van der Waals surface area contributed by atoms with E-state index in [1.165, 1.54) is 16.7 Å². The first-order valence-corrected chi connectivity index (χ1v) is 7.12. The third kappa shape index (κ3) is 3.58. The molecular formula is C16H23NO3. The highest BCUT2D eigenvalue weighted by Gasteiger charge is 2.26. The van der Waals surface area contributed by atoms with E-state index in [1.807, 2.05) is 0 Å². The molecule has 0 aliphatic carbocycles. The maximum Gasteiger partial charge on any atom is 0.306 e. The van der Waals surface area contributed by atoms with Crippen molar-refractivity contribution in [1.29, 1.82) is 0 Å². The Morgan fingerprint density at radius 2 is 2.25 bits per heavy atom. The van der Waals surface area contributed by atoms with Crippen molar-refractivity contribution in [3.05, 3.63) is 34.9 Å². The second-order valence-electron chi connectivity index (χ2n) is 5.62. The van der Waals surface area contributed by atoms with Crippen LogP contribution >= 0.6 is 0 Å². The maximum atomic E-state index is 10.8. The fraction of sp³-hybridized carbons (Fsp3) is 0.562. The van der Waals surface area contributed by atoms with Crippen molar-refractivity contribution in [2.75, 3.05) is 19.7 Å². The molecule has 1 N–H and O–H groups in total. The van der Waals surface area contributed by atoms with Gasteiger partial charge in [0.2, 0.25) is 0 Å². The fourth-order valence-electron chi connectivity index (χ4n) is 2.90. The zero-order valence-corrected chi connectivity index (χ0v) is 12.4. The quantitative estimate of drug-likeness (QED) is 0.919. The van der Waals surface area contributed by atoms with Crippen LogP contribution in [-0.2, 0) is 9.53 Å². The van der Waals surface area contributed by atoms with Crippen molar-refractivity contribution in [2.45, 2.75) is 39.3 Å². The number of morpholine rings is 1. The molecule has 1 fully saturated rings. The van der Waals surface area contributed by atoms with E-state index in [2.05, 4.69) is 43.9 Å². The Bertz CT molecular complexity index is 487. The number of ether oxygens (including phenoxy) is 1. The van der Waals surface area contributed by atoms with Crippen LogP contribution in [0.2, 0.25) is 0 Å². The van der Waals surface area contributed by atoms with Crippen LogP contribution in [0.1, 0.15) is 36.1 Å². The number of rotatable bonds is 4. The van der Waals surface area contributed by atoms with Crippen LogP contribution in [0, 0.1) is 13.8 Å². The van der Waals surface area contributed by atoms with Gasteiger partial charge in [0.1, 0.15) is 0 Å². The van der Waals surface area contributed by atoms with Gasteiger partial charge in [0.25, 0.3) is 0 Å². The minimum absolute atomic E-state index is 0.0795. The van der Waals surface area contributed by atoms with Gasteiger partial charge in [-0.1, -0.05) is 23.8 Å². The third-order valence-electron chi connectivity index (χ3n) is 4.00. The van der Waals surface area contributed by atoms with Crippen molar-refractivity contribution in [2.24, 2.45) is 0 Å². The summed E-state index contributed by atoms with van der Waals surface area (Å²) >= 11 is 0. The van der Waals surface area contributed by atoms with Gasteiger partial charge in [0.05, 0.1) is 19.1 Å². The second kappa shape index (κ2) is 6.37. The van der Waals surface area contributed by atoms with Crippen LogP contribution in [0.3, 0.4) is 0 Å². The van der Waals surface area contributed by atoms with Gasteiger partial charge in [-0.25, -0.2) is 0 Å². The number of nitrogens with zero attached hydrogens (tertiary/aromatic N) is 1. The summed E-state index contributed by atoms with van der Waals surface area (Å²) in [5.74, 6) is -0.795. The van der Waals surface area contributed by atoms with Gasteiger partial charge < -0.3 is 9.84 Å². The van der Waals surface area contributed by atoms with Crippen LogP contribution in [0.15, 0.2) is 18.2 Å². The molecule has 2 rings (SSSR count). The zero-order chi connectivity index (χ0) is 14.7. The number of aryl methyl sites for hydroxylation is 2. The van der Waals surface area contributed by atoms with Gasteiger partial charge in [-0.2, -0.15) is 0 Å². The van der Waals surface area contributed by atoms with Gasteiger partial charge in [-0.15, -0.1) is 0 Å². The molecule has 20 heavy (non-hydrogen) atoms. The molecular weight excluding hydrogens is 254 g/mol. The van der Waals surface area contributed by atoms with Crippen molar-refractivity contribution >= 4 is 5.97 Å². The van der Waals surface area contributed by atoms with Crippen LogP contribution in [-0.4, -0.2) is 41.8 Å². The maximum absolute atomic E-state index is 10.8. The van der Waals surface area contributed by atoms with Gasteiger partial charge in [0.15, 0.2) is 0 Å². The zero-order valence-electron chi connectivity index (χ0n) is 12.4. The lowest BCUT2D eigenvalue weighted by Gasteiger charge is -2.37. The minimum atomic E-state index is -0.795. The molecule has 4 nitrogen and oxygen atoms in total. The number of carboxylic acids is 1. The summed E-state index contributed by atoms with van der Waals surface area (Å²) in [4.78, 5) is 13.1. The molecule has 1 aliphatic rings. The van der Waals surface area contributed by atoms with Crippen LogP contribution in [0.5, 0.6) is 0 Å². The smallest absolute Gasteiger partial charge is 0.306 e. The second-order valence-corrected chi connectivity index (χ2v) is 5.62. The number of benzene rings is 1. The standard InChI is InChI=1S/C16H23NO3/c1-11-4-5-15(12(2)8-11)13(3)17-6-7-20-14(10-17)9-16(18)19/h4-5,8,13-14H,6-7,9-10H2,1-3H3,(H,18,19). The third-order valence-corrected chi connectivity index (χ3v) is 4.00. The van der Waals surface area contributed by atoms with Crippen LogP contribution in [0.25, 0.3) is 0 Å². The lowest BCUT2D eigenvalue weighted by Crippen LogP contribution is -2.44. The first kappa shape index (κ1) is 15.0. The molecule has 1 aliphatic heterocycles. The average Bonchev–Trinajstić information content (AvgIpc) is 2.37. The molecule has 0 aromatic heterocycles. The number of aliphatic carboxylic acids is 1. The minimum Gasteiger partial charge on any atom is -0.481 e. The summed E-state index contributed by atoms with van der Waals surface area (Å²) in [7, 11) is 0. The lowest BCUT2D eigenvalue weighted by atomic mass is 9.98. The summed E-state index contributed by atoms with van der Waals surface area (Å²) in [6.07, 6.45) is -0.120. The van der Waals surface area contributed by atoms with Crippen molar-refractivity contribution < 1.29 is 14.6 Å². The SMILES string of the molecule is Cc1ccc(C(C)N2CCOC(CC(=O)O)C2)c(C)c1. The monoisotopic (exact) mass is 277 g/mol. The molecule has 2 atom stereocenters. The number of carboxylic acid groups (broad SMARTS) is 1. The first-order chi connectivity index (χ1) is 9.47. The number of hydrogen-bond donors (Lipinski definition) is 1. The molecule has 0 saturated carbocycles. The molecule has 1 aromatic carbocycles. The average molecular weight is 277 g/mol. The van der Waals surface area contributed by atoms with Gasteiger partial charge in [0, 0.05) is 19.1 Å². The van der Waals surface area contributed by atoms with Crippen LogP contribution < -0.4 is 0 Å². The van der Waals surface area contributed by atoms with E-state index in [-0.39, 0.29) is 18.6 Å². The molecule has 2 unspecified atom stereocenters. The van der Waals surface area contributed by atoms with Gasteiger partial charge >= 0.3 is 5.97 Å². The van der Waals surface area contributed by atoms with E-state index in [9.17, 15) is 4.79 Å². The van der Waals surface area contributed by atoms with E-state index in [0.717, 1.165) is 6.54 Å². The molecule has 1 heterocycles. The highest BCUT2D eigenvalue weighted by atomic mass is 16.5. The predicted octanol–water partition coefficient (Wildman–Crippen LogP) is 2.54. The molecule has 0 bridgehead atoms. The van der Waals surface area contributed by atoms with Gasteiger partial charge in [-0.3, -0.25) is 9.69 Å². The Morgan fingerprint density at radius 3 is 2.90 bits per heavy atom. The summed E-state index contributed by atoms with van der Waals surface area (Å²) in [5, 5.41) is 8.88. The van der Waals surface area contributed by atoms with Crippen molar-refractivity contribution in [1.82, 2.24) is 4.90 Å². The summed E-state index contributed by atoms with van der Waals surface area (Å²) < 4.78 is 5.53. The predicted molar refractivity (Wildman–Crippen MR) is 77.9 cm³/mol. The molecule has 1 aromatic rings. The lowest BCUT2D eigenvalue weighted by molar-refractivity contribution is -0.142. The van der Waals surface area contributed by atoms with E-state index in [1.54, 1.807) is 0 Å². The van der Waals surface area contributed by atoms with E-state index >= 15 is 0 Å². The van der Waals surface area contributed by atoms with Gasteiger partial charge in [-0.05, 0) is 31.9 Å². The Balaban J connectivity index is 2.08. The number of hydrogen-bond acceptors (Lipinski definition) is 3. The molecule has 0 spiro atoms. The van der Waals surface area contributed by atoms with Crippen molar-refractivity contribution in [3.63, 3.8) is 0 Å². The van der Waals surface area contributed by atoms with Crippen molar-refractivity contribution in [3.8, 4) is 0 Å². The Labute approximate surface area is 120 Å². The molecule has 4 heteroatoms. The first-order valence-electron chi connectivity index (χ1n) is 7.12. The summed E-state index contributed by atoms with van der Waals surface area (Å²) in [5.41, 5.74) is 3.87. The van der Waals surface area contributed by atoms with E-state index in [0.29, 0.717) is 13.2 Å². The van der Waals surface area contributed by atoms with Crippen LogP contribution in [0.4, 0.5) is 0 Å². The number of carbonyl (C=O) groups is 1. The molecule has 0 radical (unpaired) electrons. The highest BCUT2D eigenvalue weighted by molar-refractivity contribution is 5.67. The largest absolute Gasteiger partial charge is 0.481 e. The molecule has 1 saturated heterocycles. The Kier molecular flexibility index (Phi) is 4.78. The normalized spacial score (nSPS) is 21.6. The topological polar surface area (TPSA) is 49.8 Å². The summed E-state index contributed by atoms with van der Waals surface area (Å²) in [6, 6.07) is 6.79. The molecule has 110 valence electrons. The Morgan fingerprint density at radius 1 is 1.50 bits per heavy atom. The van der Waals surface area contributed by atoms with E-state index in [4.69, 9.17) is 9.84 Å². The fourth-order valence-corrected chi connectivity index (χ4v) is 2.90. The highest BCUT2D eigenvalue weighted by Crippen LogP contribution is 2.26. The Hall–Kier alpha value is -1.39. The van der Waals surface area contributed by atoms with E-state index < -0.39 is 5.97 Å².